The molecule has 5 heteroatoms. The van der Waals surface area contributed by atoms with Crippen molar-refractivity contribution in [3.8, 4) is 51.0 Å². The van der Waals surface area contributed by atoms with Gasteiger partial charge in [0.2, 0.25) is 0 Å². The summed E-state index contributed by atoms with van der Waals surface area (Å²) in [6, 6.07) is 47.8. The fourth-order valence-corrected chi connectivity index (χ4v) is 5.60. The average Bonchev–Trinajstić information content (AvgIpc) is 3.54. The van der Waals surface area contributed by atoms with E-state index in [1.54, 1.807) is 0 Å². The molecule has 5 aromatic carbocycles. The molecule has 0 aliphatic rings. The summed E-state index contributed by atoms with van der Waals surface area (Å²) in [4.78, 5) is 9.51. The highest BCUT2D eigenvalue weighted by molar-refractivity contribution is 5.87. The topological polar surface area (TPSA) is 56.5 Å². The Hall–Kier alpha value is -5.94. The molecule has 0 atom stereocenters. The molecule has 0 unspecified atom stereocenters. The molecule has 0 aliphatic heterocycles. The maximum atomic E-state index is 4.75. The number of aromatic nitrogens is 5. The zero-order chi connectivity index (χ0) is 28.6. The van der Waals surface area contributed by atoms with Crippen molar-refractivity contribution >= 4 is 21.5 Å². The third kappa shape index (κ3) is 4.63. The SMILES string of the molecule is c1ccc(-n2c(-c3cccc(-c4cc5ccccc5cn4)c3)nnc2-c2cccc(-c3cc4ccccc4cn3)c2)cc1. The van der Waals surface area contributed by atoms with E-state index in [2.05, 4.69) is 114 Å². The van der Waals surface area contributed by atoms with Crippen molar-refractivity contribution in [2.45, 2.75) is 0 Å². The number of pyridine rings is 2. The summed E-state index contributed by atoms with van der Waals surface area (Å²) in [7, 11) is 0. The number of para-hydroxylation sites is 1. The van der Waals surface area contributed by atoms with Gasteiger partial charge in [0.25, 0.3) is 0 Å². The number of fused-ring (bicyclic) bond motifs is 2. The maximum Gasteiger partial charge on any atom is 0.168 e. The Morgan fingerprint density at radius 2 is 0.814 bits per heavy atom. The lowest BCUT2D eigenvalue weighted by molar-refractivity contribution is 1.07. The van der Waals surface area contributed by atoms with E-state index in [1.165, 1.54) is 0 Å². The third-order valence-corrected chi connectivity index (χ3v) is 7.77. The Bertz CT molecular complexity index is 2110. The molecule has 5 nitrogen and oxygen atoms in total. The van der Waals surface area contributed by atoms with Crippen LogP contribution in [0.1, 0.15) is 0 Å². The van der Waals surface area contributed by atoms with E-state index < -0.39 is 0 Å². The third-order valence-electron chi connectivity index (χ3n) is 7.77. The minimum absolute atomic E-state index is 0.762. The van der Waals surface area contributed by atoms with Crippen molar-refractivity contribution in [1.29, 1.82) is 0 Å². The van der Waals surface area contributed by atoms with E-state index >= 15 is 0 Å². The highest BCUT2D eigenvalue weighted by Gasteiger charge is 2.18. The molecule has 0 bridgehead atoms. The molecule has 0 amide bonds. The molecule has 3 aromatic heterocycles. The number of rotatable bonds is 5. The lowest BCUT2D eigenvalue weighted by Crippen LogP contribution is -2.00. The average molecular weight is 552 g/mol. The van der Waals surface area contributed by atoms with Crippen LogP contribution in [0.4, 0.5) is 0 Å². The number of benzene rings is 5. The summed E-state index contributed by atoms with van der Waals surface area (Å²) in [5.41, 5.74) is 6.80. The smallest absolute Gasteiger partial charge is 0.168 e. The molecule has 8 aromatic rings. The van der Waals surface area contributed by atoms with E-state index in [4.69, 9.17) is 20.2 Å². The standard InChI is InChI=1S/C38H25N5/c1-2-18-34(19-3-1)43-37(30-16-8-14-28(20-30)35-22-26-10-4-6-12-32(26)24-39-35)41-42-38(43)31-17-9-15-29(21-31)36-23-27-11-5-7-13-33(27)25-40-36/h1-25H. The molecule has 3 heterocycles. The van der Waals surface area contributed by atoms with Gasteiger partial charge in [-0.2, -0.15) is 0 Å². The molecular weight excluding hydrogens is 526 g/mol. The largest absolute Gasteiger partial charge is 0.275 e. The predicted octanol–water partition coefficient (Wildman–Crippen LogP) is 9.03. The molecule has 8 rings (SSSR count). The van der Waals surface area contributed by atoms with Crippen LogP contribution in [0.15, 0.2) is 152 Å². The van der Waals surface area contributed by atoms with Gasteiger partial charge in [-0.1, -0.05) is 103 Å². The second kappa shape index (κ2) is 10.5. The Morgan fingerprint density at radius 1 is 0.372 bits per heavy atom. The van der Waals surface area contributed by atoms with Gasteiger partial charge < -0.3 is 0 Å². The van der Waals surface area contributed by atoms with E-state index in [0.717, 1.165) is 72.5 Å². The molecule has 0 spiro atoms. The van der Waals surface area contributed by atoms with Gasteiger partial charge in [-0.3, -0.25) is 14.5 Å². The minimum Gasteiger partial charge on any atom is -0.275 e. The van der Waals surface area contributed by atoms with Crippen molar-refractivity contribution in [2.24, 2.45) is 0 Å². The second-order valence-electron chi connectivity index (χ2n) is 10.5. The van der Waals surface area contributed by atoms with E-state index in [9.17, 15) is 0 Å². The first-order valence-corrected chi connectivity index (χ1v) is 14.2. The fraction of sp³-hybridized carbons (Fsp3) is 0. The second-order valence-corrected chi connectivity index (χ2v) is 10.5. The first-order chi connectivity index (χ1) is 21.3. The van der Waals surface area contributed by atoms with Gasteiger partial charge in [0.15, 0.2) is 11.6 Å². The lowest BCUT2D eigenvalue weighted by Gasteiger charge is -2.12. The zero-order valence-corrected chi connectivity index (χ0v) is 23.2. The van der Waals surface area contributed by atoms with Crippen LogP contribution in [-0.4, -0.2) is 24.7 Å². The molecule has 202 valence electrons. The normalized spacial score (nSPS) is 11.3. The summed E-state index contributed by atoms with van der Waals surface area (Å²) < 4.78 is 2.12. The molecule has 0 fully saturated rings. The van der Waals surface area contributed by atoms with Crippen LogP contribution in [0, 0.1) is 0 Å². The predicted molar refractivity (Wildman–Crippen MR) is 174 cm³/mol. The van der Waals surface area contributed by atoms with Gasteiger partial charge in [0.1, 0.15) is 0 Å². The lowest BCUT2D eigenvalue weighted by atomic mass is 10.0. The Morgan fingerprint density at radius 3 is 1.33 bits per heavy atom. The highest BCUT2D eigenvalue weighted by atomic mass is 15.3. The van der Waals surface area contributed by atoms with Gasteiger partial charge >= 0.3 is 0 Å². The Labute approximate surface area is 248 Å². The van der Waals surface area contributed by atoms with Gasteiger partial charge in [-0.25, -0.2) is 0 Å². The van der Waals surface area contributed by atoms with Crippen molar-refractivity contribution in [3.63, 3.8) is 0 Å². The van der Waals surface area contributed by atoms with E-state index in [0.29, 0.717) is 0 Å². The van der Waals surface area contributed by atoms with Gasteiger partial charge in [-0.15, -0.1) is 10.2 Å². The van der Waals surface area contributed by atoms with Crippen LogP contribution in [-0.2, 0) is 0 Å². The maximum absolute atomic E-state index is 4.75. The monoisotopic (exact) mass is 551 g/mol. The Kier molecular flexibility index (Phi) is 6.05. The summed E-state index contributed by atoms with van der Waals surface area (Å²) in [5, 5.41) is 14.1. The van der Waals surface area contributed by atoms with Crippen LogP contribution >= 0.6 is 0 Å². The first-order valence-electron chi connectivity index (χ1n) is 14.2. The Balaban J connectivity index is 1.25. The molecular formula is C38H25N5. The minimum atomic E-state index is 0.762. The van der Waals surface area contributed by atoms with Crippen LogP contribution in [0.3, 0.4) is 0 Å². The van der Waals surface area contributed by atoms with E-state index in [-0.39, 0.29) is 0 Å². The number of hydrogen-bond donors (Lipinski definition) is 0. The summed E-state index contributed by atoms with van der Waals surface area (Å²) in [6.45, 7) is 0. The molecule has 0 saturated carbocycles. The summed E-state index contributed by atoms with van der Waals surface area (Å²) in [6.07, 6.45) is 3.86. The molecule has 0 saturated heterocycles. The van der Waals surface area contributed by atoms with Crippen LogP contribution in [0.2, 0.25) is 0 Å². The number of nitrogens with zero attached hydrogens (tertiary/aromatic N) is 5. The summed E-state index contributed by atoms with van der Waals surface area (Å²) in [5.74, 6) is 1.52. The van der Waals surface area contributed by atoms with Crippen LogP contribution < -0.4 is 0 Å². The molecule has 43 heavy (non-hydrogen) atoms. The van der Waals surface area contributed by atoms with Crippen LogP contribution in [0.5, 0.6) is 0 Å². The quantitative estimate of drug-likeness (QED) is 0.214. The fourth-order valence-electron chi connectivity index (χ4n) is 5.60. The van der Waals surface area contributed by atoms with Crippen molar-refractivity contribution in [2.75, 3.05) is 0 Å². The number of hydrogen-bond acceptors (Lipinski definition) is 4. The highest BCUT2D eigenvalue weighted by Crippen LogP contribution is 2.33. The molecule has 0 radical (unpaired) electrons. The van der Waals surface area contributed by atoms with Crippen molar-refractivity contribution < 1.29 is 0 Å². The molecule has 0 N–H and O–H groups in total. The summed E-state index contributed by atoms with van der Waals surface area (Å²) >= 11 is 0. The van der Waals surface area contributed by atoms with Crippen molar-refractivity contribution in [3.05, 3.63) is 152 Å². The first kappa shape index (κ1) is 24.8. The van der Waals surface area contributed by atoms with E-state index in [1.807, 2.05) is 42.7 Å². The van der Waals surface area contributed by atoms with Gasteiger partial charge in [0, 0.05) is 51.1 Å². The van der Waals surface area contributed by atoms with Crippen molar-refractivity contribution in [1.82, 2.24) is 24.7 Å². The molecule has 0 aliphatic carbocycles. The van der Waals surface area contributed by atoms with Crippen LogP contribution in [0.25, 0.3) is 72.5 Å². The van der Waals surface area contributed by atoms with Gasteiger partial charge in [-0.05, 0) is 47.2 Å². The zero-order valence-electron chi connectivity index (χ0n) is 23.2. The van der Waals surface area contributed by atoms with Gasteiger partial charge in [0.05, 0.1) is 11.4 Å².